The topological polar surface area (TPSA) is 61.3 Å². The molecular formula is C15H20N2O2. The van der Waals surface area contributed by atoms with Gasteiger partial charge in [-0.3, -0.25) is 0 Å². The third-order valence-electron chi connectivity index (χ3n) is 4.55. The molecule has 19 heavy (non-hydrogen) atoms. The summed E-state index contributed by atoms with van der Waals surface area (Å²) in [6.45, 7) is 8.35. The molecule has 102 valence electrons. The van der Waals surface area contributed by atoms with Crippen LogP contribution in [0, 0.1) is 12.3 Å². The fourth-order valence-corrected chi connectivity index (χ4v) is 2.79. The van der Waals surface area contributed by atoms with Crippen LogP contribution in [0.15, 0.2) is 22.6 Å². The lowest BCUT2D eigenvalue weighted by atomic mass is 9.60. The number of oxazole rings is 1. The van der Waals surface area contributed by atoms with Gasteiger partial charge in [0.2, 0.25) is 0 Å². The number of nitrogens with zero attached hydrogens (tertiary/aromatic N) is 1. The summed E-state index contributed by atoms with van der Waals surface area (Å²) >= 11 is 0. The summed E-state index contributed by atoms with van der Waals surface area (Å²) in [5.74, 6) is 0.698. The van der Waals surface area contributed by atoms with Gasteiger partial charge >= 0.3 is 0 Å². The van der Waals surface area contributed by atoms with E-state index in [1.807, 2.05) is 13.0 Å². The average molecular weight is 260 g/mol. The molecule has 0 atom stereocenters. The summed E-state index contributed by atoms with van der Waals surface area (Å²) in [7, 11) is 0. The lowest BCUT2D eigenvalue weighted by molar-refractivity contribution is -0.116. The molecule has 0 spiro atoms. The third kappa shape index (κ3) is 1.70. The van der Waals surface area contributed by atoms with E-state index in [-0.39, 0.29) is 10.8 Å². The molecule has 0 radical (unpaired) electrons. The molecule has 4 nitrogen and oxygen atoms in total. The van der Waals surface area contributed by atoms with Gasteiger partial charge in [0.1, 0.15) is 5.52 Å². The van der Waals surface area contributed by atoms with Crippen LogP contribution < -0.4 is 5.73 Å². The summed E-state index contributed by atoms with van der Waals surface area (Å²) < 4.78 is 11.0. The minimum atomic E-state index is -0.0111. The van der Waals surface area contributed by atoms with E-state index in [9.17, 15) is 0 Å². The quantitative estimate of drug-likeness (QED) is 0.920. The van der Waals surface area contributed by atoms with Crippen molar-refractivity contribution in [3.8, 4) is 0 Å². The fraction of sp³-hybridized carbons (Fsp3) is 0.533. The first-order valence-electron chi connectivity index (χ1n) is 6.64. The van der Waals surface area contributed by atoms with Crippen molar-refractivity contribution in [2.45, 2.75) is 26.2 Å². The minimum absolute atomic E-state index is 0.00227. The molecule has 0 saturated carbocycles. The van der Waals surface area contributed by atoms with Crippen molar-refractivity contribution in [3.05, 3.63) is 29.7 Å². The van der Waals surface area contributed by atoms with E-state index < -0.39 is 0 Å². The molecule has 1 fully saturated rings. The van der Waals surface area contributed by atoms with Crippen LogP contribution in [0.5, 0.6) is 0 Å². The molecule has 1 aliphatic heterocycles. The molecule has 0 unspecified atom stereocenters. The van der Waals surface area contributed by atoms with Crippen molar-refractivity contribution in [2.75, 3.05) is 19.8 Å². The van der Waals surface area contributed by atoms with Crippen LogP contribution in [0.4, 0.5) is 0 Å². The maximum absolute atomic E-state index is 5.97. The molecule has 0 bridgehead atoms. The molecule has 1 aliphatic rings. The van der Waals surface area contributed by atoms with Crippen molar-refractivity contribution in [2.24, 2.45) is 11.1 Å². The Bertz CT molecular complexity index is 612. The van der Waals surface area contributed by atoms with E-state index in [1.54, 1.807) is 0 Å². The molecule has 1 saturated heterocycles. The highest BCUT2D eigenvalue weighted by atomic mass is 16.5. The maximum Gasteiger partial charge on any atom is 0.192 e. The number of fused-ring (bicyclic) bond motifs is 1. The first kappa shape index (κ1) is 12.6. The second-order valence-corrected chi connectivity index (χ2v) is 6.08. The molecule has 2 N–H and O–H groups in total. The zero-order chi connectivity index (χ0) is 13.7. The third-order valence-corrected chi connectivity index (χ3v) is 4.55. The van der Waals surface area contributed by atoms with E-state index in [0.717, 1.165) is 24.3 Å². The standard InChI is InChI=1S/C15H20N2O2/c1-10-17-12-6-11(4-5-13(12)19-10)15(8-18-9-15)14(2,3)7-16/h4-6H,7-9,16H2,1-3H3. The minimum Gasteiger partial charge on any atom is -0.441 e. The van der Waals surface area contributed by atoms with Crippen LogP contribution in [0.25, 0.3) is 11.1 Å². The largest absolute Gasteiger partial charge is 0.441 e. The average Bonchev–Trinajstić information content (AvgIpc) is 2.66. The van der Waals surface area contributed by atoms with E-state index in [1.165, 1.54) is 5.56 Å². The molecule has 1 aromatic carbocycles. The summed E-state index contributed by atoms with van der Waals surface area (Å²) in [4.78, 5) is 4.41. The molecule has 0 aliphatic carbocycles. The molecular weight excluding hydrogens is 240 g/mol. The zero-order valence-corrected chi connectivity index (χ0v) is 11.7. The van der Waals surface area contributed by atoms with Crippen LogP contribution in [0.1, 0.15) is 25.3 Å². The van der Waals surface area contributed by atoms with E-state index in [4.69, 9.17) is 14.9 Å². The molecule has 3 rings (SSSR count). The molecule has 4 heteroatoms. The Hall–Kier alpha value is -1.39. The van der Waals surface area contributed by atoms with Gasteiger partial charge in [0.05, 0.1) is 13.2 Å². The second kappa shape index (κ2) is 4.05. The van der Waals surface area contributed by atoms with Gasteiger partial charge in [0.15, 0.2) is 11.5 Å². The molecule has 1 aromatic heterocycles. The van der Waals surface area contributed by atoms with Gasteiger partial charge in [-0.1, -0.05) is 19.9 Å². The first-order chi connectivity index (χ1) is 8.98. The summed E-state index contributed by atoms with van der Waals surface area (Å²) in [5.41, 5.74) is 8.94. The fourth-order valence-electron chi connectivity index (χ4n) is 2.79. The van der Waals surface area contributed by atoms with E-state index in [2.05, 4.69) is 31.0 Å². The molecule has 2 aromatic rings. The van der Waals surface area contributed by atoms with Crippen LogP contribution >= 0.6 is 0 Å². The molecule has 0 amide bonds. The number of benzene rings is 1. The Kier molecular flexibility index (Phi) is 2.69. The van der Waals surface area contributed by atoms with Gasteiger partial charge in [0.25, 0.3) is 0 Å². The van der Waals surface area contributed by atoms with Crippen molar-refractivity contribution < 1.29 is 9.15 Å². The van der Waals surface area contributed by atoms with Crippen molar-refractivity contribution in [1.29, 1.82) is 0 Å². The van der Waals surface area contributed by atoms with Gasteiger partial charge in [-0.15, -0.1) is 0 Å². The number of hydrogen-bond acceptors (Lipinski definition) is 4. The highest BCUT2D eigenvalue weighted by molar-refractivity contribution is 5.74. The van der Waals surface area contributed by atoms with Gasteiger partial charge in [-0.25, -0.2) is 4.98 Å². The van der Waals surface area contributed by atoms with Gasteiger partial charge in [-0.2, -0.15) is 0 Å². The Balaban J connectivity index is 2.11. The number of rotatable bonds is 3. The predicted octanol–water partition coefficient (Wildman–Crippen LogP) is 2.39. The van der Waals surface area contributed by atoms with Crippen molar-refractivity contribution in [3.63, 3.8) is 0 Å². The van der Waals surface area contributed by atoms with Crippen LogP contribution in [-0.4, -0.2) is 24.7 Å². The first-order valence-corrected chi connectivity index (χ1v) is 6.64. The highest BCUT2D eigenvalue weighted by Gasteiger charge is 2.51. The Morgan fingerprint density at radius 1 is 1.37 bits per heavy atom. The lowest BCUT2D eigenvalue weighted by Gasteiger charge is -2.52. The van der Waals surface area contributed by atoms with Crippen LogP contribution in [0.2, 0.25) is 0 Å². The smallest absolute Gasteiger partial charge is 0.192 e. The number of nitrogens with two attached hydrogens (primary N) is 1. The van der Waals surface area contributed by atoms with Gasteiger partial charge in [-0.05, 0) is 29.7 Å². The predicted molar refractivity (Wildman–Crippen MR) is 74.1 cm³/mol. The normalized spacial score (nSPS) is 18.5. The maximum atomic E-state index is 5.97. The van der Waals surface area contributed by atoms with Crippen molar-refractivity contribution >= 4 is 11.1 Å². The summed E-state index contributed by atoms with van der Waals surface area (Å²) in [5, 5.41) is 0. The van der Waals surface area contributed by atoms with E-state index in [0.29, 0.717) is 12.4 Å². The van der Waals surface area contributed by atoms with Crippen LogP contribution in [0.3, 0.4) is 0 Å². The second-order valence-electron chi connectivity index (χ2n) is 6.08. The summed E-state index contributed by atoms with van der Waals surface area (Å²) in [6.07, 6.45) is 0. The summed E-state index contributed by atoms with van der Waals surface area (Å²) in [6, 6.07) is 6.23. The zero-order valence-electron chi connectivity index (χ0n) is 11.7. The SMILES string of the molecule is Cc1nc2cc(C3(C(C)(C)CN)COC3)ccc2o1. The number of hydrogen-bond donors (Lipinski definition) is 1. The Morgan fingerprint density at radius 2 is 2.11 bits per heavy atom. The van der Waals surface area contributed by atoms with Crippen molar-refractivity contribution in [1.82, 2.24) is 4.98 Å². The Morgan fingerprint density at radius 3 is 2.68 bits per heavy atom. The molecule has 2 heterocycles. The Labute approximate surface area is 112 Å². The number of aromatic nitrogens is 1. The van der Waals surface area contributed by atoms with Gasteiger partial charge in [0, 0.05) is 12.3 Å². The highest BCUT2D eigenvalue weighted by Crippen LogP contribution is 2.47. The number of ether oxygens (including phenoxy) is 1. The van der Waals surface area contributed by atoms with E-state index >= 15 is 0 Å². The number of aryl methyl sites for hydroxylation is 1. The monoisotopic (exact) mass is 260 g/mol. The van der Waals surface area contributed by atoms with Crippen LogP contribution in [-0.2, 0) is 10.2 Å². The van der Waals surface area contributed by atoms with Gasteiger partial charge < -0.3 is 14.9 Å². The lowest BCUT2D eigenvalue weighted by Crippen LogP contribution is -2.59.